The third-order valence-electron chi connectivity index (χ3n) is 1.47. The monoisotopic (exact) mass is 176 g/mol. The molecular formula is C8H7ClF2. The van der Waals surface area contributed by atoms with Gasteiger partial charge in [-0.25, -0.2) is 8.78 Å². The summed E-state index contributed by atoms with van der Waals surface area (Å²) in [7, 11) is 0. The summed E-state index contributed by atoms with van der Waals surface area (Å²) in [4.78, 5) is 0. The summed E-state index contributed by atoms with van der Waals surface area (Å²) in [6, 6.07) is 2.27. The average molecular weight is 177 g/mol. The van der Waals surface area contributed by atoms with Crippen molar-refractivity contribution in [1.29, 1.82) is 0 Å². The molecule has 0 saturated carbocycles. The standard InChI is InChI=1S/C8H7ClF2/c1-5-2-8(11)6(4-9)3-7(5)10/h2-3H,4H2,1H3. The van der Waals surface area contributed by atoms with Crippen molar-refractivity contribution in [2.24, 2.45) is 0 Å². The van der Waals surface area contributed by atoms with E-state index in [9.17, 15) is 8.78 Å². The minimum absolute atomic E-state index is 0.00301. The molecule has 0 radical (unpaired) electrons. The van der Waals surface area contributed by atoms with Gasteiger partial charge in [-0.15, -0.1) is 11.6 Å². The first-order valence-corrected chi connectivity index (χ1v) is 3.69. The Morgan fingerprint density at radius 2 is 1.91 bits per heavy atom. The summed E-state index contributed by atoms with van der Waals surface area (Å²) >= 11 is 5.35. The number of hydrogen-bond acceptors (Lipinski definition) is 0. The first-order chi connectivity index (χ1) is 5.15. The fourth-order valence-electron chi connectivity index (χ4n) is 0.790. The molecule has 0 aliphatic rings. The molecule has 0 heterocycles. The second-order valence-electron chi connectivity index (χ2n) is 2.33. The Balaban J connectivity index is 3.21. The zero-order valence-corrected chi connectivity index (χ0v) is 6.75. The molecule has 0 fully saturated rings. The molecule has 0 amide bonds. The lowest BCUT2D eigenvalue weighted by atomic mass is 10.1. The highest BCUT2D eigenvalue weighted by Gasteiger charge is 2.04. The van der Waals surface area contributed by atoms with Crippen LogP contribution in [0.1, 0.15) is 11.1 Å². The molecule has 60 valence electrons. The summed E-state index contributed by atoms with van der Waals surface area (Å²) in [6.07, 6.45) is 0. The van der Waals surface area contributed by atoms with E-state index in [1.807, 2.05) is 0 Å². The van der Waals surface area contributed by atoms with Crippen LogP contribution >= 0.6 is 11.6 Å². The van der Waals surface area contributed by atoms with Crippen LogP contribution < -0.4 is 0 Å². The Morgan fingerprint density at radius 3 is 2.45 bits per heavy atom. The van der Waals surface area contributed by atoms with Gasteiger partial charge < -0.3 is 0 Å². The quantitative estimate of drug-likeness (QED) is 0.577. The Kier molecular flexibility index (Phi) is 2.45. The van der Waals surface area contributed by atoms with E-state index in [1.165, 1.54) is 6.92 Å². The van der Waals surface area contributed by atoms with E-state index >= 15 is 0 Å². The molecule has 0 aliphatic heterocycles. The lowest BCUT2D eigenvalue weighted by Gasteiger charge is -2.00. The van der Waals surface area contributed by atoms with Gasteiger partial charge >= 0.3 is 0 Å². The molecule has 0 aromatic heterocycles. The van der Waals surface area contributed by atoms with Crippen molar-refractivity contribution in [2.45, 2.75) is 12.8 Å². The first kappa shape index (κ1) is 8.47. The van der Waals surface area contributed by atoms with E-state index in [-0.39, 0.29) is 11.4 Å². The van der Waals surface area contributed by atoms with Crippen LogP contribution in [0, 0.1) is 18.6 Å². The molecule has 1 aromatic carbocycles. The molecule has 3 heteroatoms. The van der Waals surface area contributed by atoms with Crippen LogP contribution in [0.3, 0.4) is 0 Å². The van der Waals surface area contributed by atoms with Crippen LogP contribution in [-0.2, 0) is 5.88 Å². The smallest absolute Gasteiger partial charge is 0.128 e. The van der Waals surface area contributed by atoms with Gasteiger partial charge in [-0.05, 0) is 24.6 Å². The molecule has 0 unspecified atom stereocenters. The van der Waals surface area contributed by atoms with Crippen molar-refractivity contribution in [2.75, 3.05) is 0 Å². The number of halogens is 3. The number of rotatable bonds is 1. The third kappa shape index (κ3) is 1.69. The van der Waals surface area contributed by atoms with Crippen molar-refractivity contribution < 1.29 is 8.78 Å². The van der Waals surface area contributed by atoms with E-state index in [0.29, 0.717) is 5.56 Å². The first-order valence-electron chi connectivity index (χ1n) is 3.15. The zero-order chi connectivity index (χ0) is 8.43. The Labute approximate surface area is 68.8 Å². The van der Waals surface area contributed by atoms with Crippen LogP contribution in [0.2, 0.25) is 0 Å². The topological polar surface area (TPSA) is 0 Å². The Hall–Kier alpha value is -0.630. The van der Waals surface area contributed by atoms with Gasteiger partial charge in [-0.2, -0.15) is 0 Å². The highest BCUT2D eigenvalue weighted by molar-refractivity contribution is 6.17. The molecule has 1 aromatic rings. The van der Waals surface area contributed by atoms with Crippen LogP contribution in [0.25, 0.3) is 0 Å². The number of alkyl halides is 1. The van der Waals surface area contributed by atoms with E-state index < -0.39 is 11.6 Å². The average Bonchev–Trinajstić information content (AvgIpc) is 1.97. The van der Waals surface area contributed by atoms with Crippen LogP contribution in [0.5, 0.6) is 0 Å². The van der Waals surface area contributed by atoms with Crippen molar-refractivity contribution in [3.8, 4) is 0 Å². The third-order valence-corrected chi connectivity index (χ3v) is 1.76. The highest BCUT2D eigenvalue weighted by atomic mass is 35.5. The number of benzene rings is 1. The summed E-state index contributed by atoms with van der Waals surface area (Å²) in [5, 5.41) is 0. The summed E-state index contributed by atoms with van der Waals surface area (Å²) in [5.41, 5.74) is 0.506. The van der Waals surface area contributed by atoms with Crippen LogP contribution in [0.4, 0.5) is 8.78 Å². The van der Waals surface area contributed by atoms with Gasteiger partial charge in [0.1, 0.15) is 11.6 Å². The maximum absolute atomic E-state index is 12.8. The Morgan fingerprint density at radius 1 is 1.27 bits per heavy atom. The van der Waals surface area contributed by atoms with Gasteiger partial charge in [0.25, 0.3) is 0 Å². The largest absolute Gasteiger partial charge is 0.207 e. The van der Waals surface area contributed by atoms with Crippen molar-refractivity contribution in [3.63, 3.8) is 0 Å². The summed E-state index contributed by atoms with van der Waals surface area (Å²) < 4.78 is 25.5. The normalized spacial score (nSPS) is 10.2. The van der Waals surface area contributed by atoms with Gasteiger partial charge in [0.2, 0.25) is 0 Å². The lowest BCUT2D eigenvalue weighted by Crippen LogP contribution is -1.91. The van der Waals surface area contributed by atoms with E-state index in [0.717, 1.165) is 12.1 Å². The summed E-state index contributed by atoms with van der Waals surface area (Å²) in [5.74, 6) is -0.857. The molecule has 0 nitrogen and oxygen atoms in total. The molecule has 1 rings (SSSR count). The maximum atomic E-state index is 12.8. The molecular weight excluding hydrogens is 170 g/mol. The minimum Gasteiger partial charge on any atom is -0.207 e. The van der Waals surface area contributed by atoms with Crippen molar-refractivity contribution >= 4 is 11.6 Å². The molecule has 0 saturated heterocycles. The van der Waals surface area contributed by atoms with Gasteiger partial charge in [-0.1, -0.05) is 0 Å². The molecule has 0 bridgehead atoms. The van der Waals surface area contributed by atoms with Gasteiger partial charge in [0, 0.05) is 5.56 Å². The zero-order valence-electron chi connectivity index (χ0n) is 6.00. The SMILES string of the molecule is Cc1cc(F)c(CCl)cc1F. The predicted octanol–water partition coefficient (Wildman–Crippen LogP) is 3.01. The van der Waals surface area contributed by atoms with E-state index in [2.05, 4.69) is 0 Å². The highest BCUT2D eigenvalue weighted by Crippen LogP contribution is 2.15. The predicted molar refractivity (Wildman–Crippen MR) is 40.7 cm³/mol. The molecule has 0 spiro atoms. The maximum Gasteiger partial charge on any atom is 0.128 e. The molecule has 11 heavy (non-hydrogen) atoms. The van der Waals surface area contributed by atoms with Gasteiger partial charge in [-0.3, -0.25) is 0 Å². The fraction of sp³-hybridized carbons (Fsp3) is 0.250. The van der Waals surface area contributed by atoms with E-state index in [4.69, 9.17) is 11.6 Å². The second kappa shape index (κ2) is 3.18. The second-order valence-corrected chi connectivity index (χ2v) is 2.59. The molecule has 0 atom stereocenters. The summed E-state index contributed by atoms with van der Waals surface area (Å²) in [6.45, 7) is 1.51. The molecule has 0 N–H and O–H groups in total. The lowest BCUT2D eigenvalue weighted by molar-refractivity contribution is 0.584. The van der Waals surface area contributed by atoms with Gasteiger partial charge in [0.15, 0.2) is 0 Å². The fourth-order valence-corrected chi connectivity index (χ4v) is 0.995. The van der Waals surface area contributed by atoms with Crippen molar-refractivity contribution in [3.05, 3.63) is 34.9 Å². The van der Waals surface area contributed by atoms with Gasteiger partial charge in [0.05, 0.1) is 5.88 Å². The Bertz CT molecular complexity index is 271. The number of aryl methyl sites for hydroxylation is 1. The minimum atomic E-state index is -0.445. The van der Waals surface area contributed by atoms with E-state index in [1.54, 1.807) is 0 Å². The van der Waals surface area contributed by atoms with Crippen LogP contribution in [-0.4, -0.2) is 0 Å². The number of hydrogen-bond donors (Lipinski definition) is 0. The van der Waals surface area contributed by atoms with Crippen LogP contribution in [0.15, 0.2) is 12.1 Å². The van der Waals surface area contributed by atoms with Crippen molar-refractivity contribution in [1.82, 2.24) is 0 Å². The molecule has 0 aliphatic carbocycles.